The summed E-state index contributed by atoms with van der Waals surface area (Å²) in [5.74, 6) is 0.556. The second-order valence-electron chi connectivity index (χ2n) is 4.82. The van der Waals surface area contributed by atoms with E-state index >= 15 is 0 Å². The van der Waals surface area contributed by atoms with Crippen LogP contribution in [0.3, 0.4) is 0 Å². The molecule has 1 heterocycles. The third-order valence-electron chi connectivity index (χ3n) is 3.27. The van der Waals surface area contributed by atoms with Crippen molar-refractivity contribution in [2.75, 3.05) is 19.6 Å². The second-order valence-corrected chi connectivity index (χ2v) is 5.96. The molecule has 0 spiro atoms. The van der Waals surface area contributed by atoms with Crippen LogP contribution in [-0.4, -0.2) is 30.0 Å². The van der Waals surface area contributed by atoms with Crippen LogP contribution >= 0.6 is 24.2 Å². The summed E-state index contributed by atoms with van der Waals surface area (Å²) in [6.45, 7) is 3.49. The minimum atomic E-state index is -4.22. The Bertz CT molecular complexity index is 411. The van der Waals surface area contributed by atoms with Gasteiger partial charge in [0, 0.05) is 18.0 Å². The Morgan fingerprint density at radius 2 is 1.90 bits per heavy atom. The normalized spacial score (nSPS) is 19.9. The summed E-state index contributed by atoms with van der Waals surface area (Å²) < 4.78 is 36.6. The molecule has 1 atom stereocenters. The topological polar surface area (TPSA) is 29.3 Å². The maximum absolute atomic E-state index is 12.2. The second kappa shape index (κ2) is 7.54. The average Bonchev–Trinajstić information content (AvgIpc) is 2.77. The highest BCUT2D eigenvalue weighted by molar-refractivity contribution is 8.00. The molecule has 7 heteroatoms. The van der Waals surface area contributed by atoms with E-state index in [1.54, 1.807) is 12.1 Å². The molecule has 2 N–H and O–H groups in total. The van der Waals surface area contributed by atoms with Gasteiger partial charge in [-0.05, 0) is 54.9 Å². The van der Waals surface area contributed by atoms with Gasteiger partial charge in [-0.2, -0.15) is 13.2 Å². The Hall–Kier alpha value is -0.430. The molecule has 1 unspecified atom stereocenters. The van der Waals surface area contributed by atoms with E-state index in [0.29, 0.717) is 12.5 Å². The Kier molecular flexibility index (Phi) is 6.64. The van der Waals surface area contributed by atoms with Crippen LogP contribution in [0.15, 0.2) is 29.2 Å². The first-order valence-electron chi connectivity index (χ1n) is 6.23. The fourth-order valence-electron chi connectivity index (χ4n) is 2.30. The number of nitrogens with zero attached hydrogens (tertiary/aromatic N) is 1. The molecule has 1 aromatic carbocycles. The van der Waals surface area contributed by atoms with Crippen LogP contribution in [0.25, 0.3) is 0 Å². The van der Waals surface area contributed by atoms with Crippen molar-refractivity contribution in [3.63, 3.8) is 0 Å². The lowest BCUT2D eigenvalue weighted by molar-refractivity contribution is -0.0328. The third-order valence-corrected chi connectivity index (χ3v) is 4.01. The zero-order chi connectivity index (χ0) is 13.9. The fourth-order valence-corrected chi connectivity index (χ4v) is 2.84. The number of rotatable bonds is 4. The molecule has 1 aliphatic heterocycles. The van der Waals surface area contributed by atoms with Gasteiger partial charge in [0.1, 0.15) is 0 Å². The lowest BCUT2D eigenvalue weighted by Gasteiger charge is -2.16. The summed E-state index contributed by atoms with van der Waals surface area (Å²) in [6, 6.07) is 6.60. The van der Waals surface area contributed by atoms with E-state index in [9.17, 15) is 13.2 Å². The molecule has 2 rings (SSSR count). The van der Waals surface area contributed by atoms with E-state index in [2.05, 4.69) is 4.90 Å². The van der Waals surface area contributed by atoms with Gasteiger partial charge >= 0.3 is 5.51 Å². The van der Waals surface area contributed by atoms with E-state index in [1.165, 1.54) is 12.1 Å². The smallest absolute Gasteiger partial charge is 0.330 e. The minimum Gasteiger partial charge on any atom is -0.330 e. The van der Waals surface area contributed by atoms with Gasteiger partial charge in [-0.25, -0.2) is 0 Å². The third kappa shape index (κ3) is 5.52. The Morgan fingerprint density at radius 3 is 2.40 bits per heavy atom. The molecular formula is C13H18ClF3N2S. The molecule has 1 aliphatic rings. The van der Waals surface area contributed by atoms with Crippen LogP contribution < -0.4 is 5.73 Å². The molecule has 0 bridgehead atoms. The van der Waals surface area contributed by atoms with E-state index in [0.717, 1.165) is 31.6 Å². The van der Waals surface area contributed by atoms with Crippen LogP contribution in [0.1, 0.15) is 12.0 Å². The predicted octanol–water partition coefficient (Wildman–Crippen LogP) is 3.50. The molecule has 0 amide bonds. The molecule has 2 nitrogen and oxygen atoms in total. The molecule has 1 aromatic rings. The van der Waals surface area contributed by atoms with E-state index in [-0.39, 0.29) is 29.1 Å². The maximum atomic E-state index is 12.2. The van der Waals surface area contributed by atoms with Crippen molar-refractivity contribution >= 4 is 24.2 Å². The number of hydrogen-bond acceptors (Lipinski definition) is 3. The highest BCUT2D eigenvalue weighted by Crippen LogP contribution is 2.36. The van der Waals surface area contributed by atoms with Gasteiger partial charge in [-0.3, -0.25) is 4.90 Å². The van der Waals surface area contributed by atoms with Crippen LogP contribution in [0.2, 0.25) is 0 Å². The van der Waals surface area contributed by atoms with Gasteiger partial charge in [0.05, 0.1) is 0 Å². The van der Waals surface area contributed by atoms with Crippen molar-refractivity contribution in [2.45, 2.75) is 23.4 Å². The summed E-state index contributed by atoms with van der Waals surface area (Å²) in [5.41, 5.74) is 2.46. The summed E-state index contributed by atoms with van der Waals surface area (Å²) in [7, 11) is 0. The van der Waals surface area contributed by atoms with Gasteiger partial charge in [0.2, 0.25) is 0 Å². The zero-order valence-corrected chi connectivity index (χ0v) is 12.5. The lowest BCUT2D eigenvalue weighted by atomic mass is 10.1. The lowest BCUT2D eigenvalue weighted by Crippen LogP contribution is -2.22. The van der Waals surface area contributed by atoms with Gasteiger partial charge < -0.3 is 5.73 Å². The van der Waals surface area contributed by atoms with Gasteiger partial charge in [0.25, 0.3) is 0 Å². The SMILES string of the molecule is Cl.NCC1CCN(Cc2ccc(SC(F)(F)F)cc2)C1. The van der Waals surface area contributed by atoms with Crippen LogP contribution in [0.4, 0.5) is 13.2 Å². The molecule has 1 fully saturated rings. The Morgan fingerprint density at radius 1 is 1.25 bits per heavy atom. The molecule has 0 aromatic heterocycles. The van der Waals surface area contributed by atoms with E-state index in [4.69, 9.17) is 5.73 Å². The van der Waals surface area contributed by atoms with Crippen LogP contribution in [-0.2, 0) is 6.54 Å². The molecule has 1 saturated heterocycles. The Labute approximate surface area is 127 Å². The summed E-state index contributed by atoms with van der Waals surface area (Å²) in [6.07, 6.45) is 1.11. The van der Waals surface area contributed by atoms with Crippen molar-refractivity contribution < 1.29 is 13.2 Å². The van der Waals surface area contributed by atoms with Gasteiger partial charge in [0.15, 0.2) is 0 Å². The van der Waals surface area contributed by atoms with Crippen molar-refractivity contribution in [2.24, 2.45) is 11.7 Å². The van der Waals surface area contributed by atoms with Crippen molar-refractivity contribution in [1.82, 2.24) is 4.90 Å². The molecule has 0 radical (unpaired) electrons. The van der Waals surface area contributed by atoms with Crippen molar-refractivity contribution in [1.29, 1.82) is 0 Å². The monoisotopic (exact) mass is 326 g/mol. The quantitative estimate of drug-likeness (QED) is 0.859. The van der Waals surface area contributed by atoms with Crippen molar-refractivity contribution in [3.05, 3.63) is 29.8 Å². The first-order chi connectivity index (χ1) is 8.96. The predicted molar refractivity (Wildman–Crippen MR) is 78.0 cm³/mol. The van der Waals surface area contributed by atoms with Crippen LogP contribution in [0.5, 0.6) is 0 Å². The highest BCUT2D eigenvalue weighted by atomic mass is 35.5. The number of likely N-dealkylation sites (tertiary alicyclic amines) is 1. The number of hydrogen-bond donors (Lipinski definition) is 1. The highest BCUT2D eigenvalue weighted by Gasteiger charge is 2.29. The average molecular weight is 327 g/mol. The van der Waals surface area contributed by atoms with Crippen LogP contribution in [0, 0.1) is 5.92 Å². The minimum absolute atomic E-state index is 0. The largest absolute Gasteiger partial charge is 0.446 e. The Balaban J connectivity index is 0.00000200. The van der Waals surface area contributed by atoms with Gasteiger partial charge in [-0.1, -0.05) is 12.1 Å². The zero-order valence-electron chi connectivity index (χ0n) is 10.9. The first-order valence-corrected chi connectivity index (χ1v) is 7.05. The molecule has 20 heavy (non-hydrogen) atoms. The number of benzene rings is 1. The number of thioether (sulfide) groups is 1. The summed E-state index contributed by atoms with van der Waals surface area (Å²) in [5, 5.41) is 0. The van der Waals surface area contributed by atoms with E-state index in [1.807, 2.05) is 0 Å². The number of halogens is 4. The van der Waals surface area contributed by atoms with Crippen molar-refractivity contribution in [3.8, 4) is 0 Å². The van der Waals surface area contributed by atoms with Gasteiger partial charge in [-0.15, -0.1) is 12.4 Å². The summed E-state index contributed by atoms with van der Waals surface area (Å²) >= 11 is -0.0739. The summed E-state index contributed by atoms with van der Waals surface area (Å²) in [4.78, 5) is 2.53. The maximum Gasteiger partial charge on any atom is 0.446 e. The number of nitrogens with two attached hydrogens (primary N) is 1. The fraction of sp³-hybridized carbons (Fsp3) is 0.538. The molecule has 0 saturated carbocycles. The molecule has 114 valence electrons. The van der Waals surface area contributed by atoms with E-state index < -0.39 is 5.51 Å². The number of alkyl halides is 3. The molecule has 0 aliphatic carbocycles. The first kappa shape index (κ1) is 17.6. The standard InChI is InChI=1S/C13H17F3N2S.ClH/c14-13(15,16)19-12-3-1-10(2-4-12)8-18-6-5-11(7-17)9-18;/h1-4,11H,5-9,17H2;1H. The molecular weight excluding hydrogens is 309 g/mol.